The van der Waals surface area contributed by atoms with Crippen molar-refractivity contribution in [3.63, 3.8) is 0 Å². The van der Waals surface area contributed by atoms with Gasteiger partial charge in [0.05, 0.1) is 6.61 Å². The van der Waals surface area contributed by atoms with Crippen LogP contribution in [0.3, 0.4) is 0 Å². The minimum absolute atomic E-state index is 0.0567. The van der Waals surface area contributed by atoms with Crippen LogP contribution < -0.4 is 15.4 Å². The lowest BCUT2D eigenvalue weighted by atomic mass is 10.2. The SMILES string of the molecule is O=C(NCc1ccccc1OCCO)Nc1ccc(Cl)cc1. The van der Waals surface area contributed by atoms with Gasteiger partial charge in [-0.2, -0.15) is 0 Å². The Morgan fingerprint density at radius 1 is 1.14 bits per heavy atom. The van der Waals surface area contributed by atoms with Crippen LogP contribution in [0.5, 0.6) is 5.75 Å². The number of anilines is 1. The Hall–Kier alpha value is -2.24. The van der Waals surface area contributed by atoms with Crippen molar-refractivity contribution in [3.05, 3.63) is 59.1 Å². The maximum absolute atomic E-state index is 11.9. The van der Waals surface area contributed by atoms with E-state index in [9.17, 15) is 4.79 Å². The molecule has 2 rings (SSSR count). The quantitative estimate of drug-likeness (QED) is 0.766. The third-order valence-electron chi connectivity index (χ3n) is 2.86. The van der Waals surface area contributed by atoms with E-state index in [0.717, 1.165) is 5.56 Å². The monoisotopic (exact) mass is 320 g/mol. The van der Waals surface area contributed by atoms with E-state index in [1.165, 1.54) is 0 Å². The fourth-order valence-electron chi connectivity index (χ4n) is 1.83. The summed E-state index contributed by atoms with van der Waals surface area (Å²) in [7, 11) is 0. The molecule has 0 aliphatic carbocycles. The predicted molar refractivity (Wildman–Crippen MR) is 86.3 cm³/mol. The molecule has 0 radical (unpaired) electrons. The summed E-state index contributed by atoms with van der Waals surface area (Å²) in [5.41, 5.74) is 1.49. The molecule has 0 saturated heterocycles. The first-order valence-corrected chi connectivity index (χ1v) is 7.19. The van der Waals surface area contributed by atoms with Gasteiger partial charge < -0.3 is 20.5 Å². The van der Waals surface area contributed by atoms with E-state index >= 15 is 0 Å². The molecule has 0 atom stereocenters. The first-order chi connectivity index (χ1) is 10.7. The first kappa shape index (κ1) is 16.1. The molecule has 0 unspecified atom stereocenters. The van der Waals surface area contributed by atoms with Crippen LogP contribution >= 0.6 is 11.6 Å². The van der Waals surface area contributed by atoms with Crippen LogP contribution in [-0.4, -0.2) is 24.4 Å². The molecule has 2 aromatic rings. The van der Waals surface area contributed by atoms with Crippen molar-refractivity contribution in [1.29, 1.82) is 0 Å². The van der Waals surface area contributed by atoms with Gasteiger partial charge in [0.1, 0.15) is 12.4 Å². The second-order valence-electron chi connectivity index (χ2n) is 4.49. The van der Waals surface area contributed by atoms with Gasteiger partial charge in [-0.1, -0.05) is 29.8 Å². The second kappa shape index (κ2) is 8.26. The number of benzene rings is 2. The fraction of sp³-hybridized carbons (Fsp3) is 0.188. The number of urea groups is 1. The molecule has 0 aromatic heterocycles. The highest BCUT2D eigenvalue weighted by atomic mass is 35.5. The average Bonchev–Trinajstić information content (AvgIpc) is 2.54. The summed E-state index contributed by atoms with van der Waals surface area (Å²) in [5.74, 6) is 0.642. The van der Waals surface area contributed by atoms with Gasteiger partial charge in [0, 0.05) is 22.8 Å². The number of carbonyl (C=O) groups excluding carboxylic acids is 1. The standard InChI is InChI=1S/C16H17ClN2O3/c17-13-5-7-14(8-6-13)19-16(21)18-11-12-3-1-2-4-15(12)22-10-9-20/h1-8,20H,9-11H2,(H2,18,19,21). The largest absolute Gasteiger partial charge is 0.491 e. The van der Waals surface area contributed by atoms with Gasteiger partial charge in [-0.25, -0.2) is 4.79 Å². The van der Waals surface area contributed by atoms with E-state index in [1.807, 2.05) is 18.2 Å². The lowest BCUT2D eigenvalue weighted by Gasteiger charge is -2.12. The number of aliphatic hydroxyl groups is 1. The number of hydrogen-bond donors (Lipinski definition) is 3. The molecular formula is C16H17ClN2O3. The van der Waals surface area contributed by atoms with Crippen molar-refractivity contribution in [3.8, 4) is 5.75 Å². The zero-order valence-corrected chi connectivity index (χ0v) is 12.6. The van der Waals surface area contributed by atoms with E-state index in [2.05, 4.69) is 10.6 Å². The molecule has 2 aromatic carbocycles. The van der Waals surface area contributed by atoms with Crippen molar-refractivity contribution >= 4 is 23.3 Å². The Labute approximate surface area is 133 Å². The minimum atomic E-state index is -0.320. The predicted octanol–water partition coefficient (Wildman–Crippen LogP) is 3.03. The van der Waals surface area contributed by atoms with E-state index in [-0.39, 0.29) is 19.2 Å². The molecule has 0 spiro atoms. The van der Waals surface area contributed by atoms with Crippen LogP contribution in [-0.2, 0) is 6.54 Å². The molecule has 0 saturated carbocycles. The number of amides is 2. The summed E-state index contributed by atoms with van der Waals surface area (Å²) in [6, 6.07) is 13.9. The maximum Gasteiger partial charge on any atom is 0.319 e. The van der Waals surface area contributed by atoms with Crippen LogP contribution in [0.4, 0.5) is 10.5 Å². The highest BCUT2D eigenvalue weighted by Gasteiger charge is 2.06. The van der Waals surface area contributed by atoms with Gasteiger partial charge in [0.2, 0.25) is 0 Å². The van der Waals surface area contributed by atoms with Gasteiger partial charge in [0.25, 0.3) is 0 Å². The minimum Gasteiger partial charge on any atom is -0.491 e. The highest BCUT2D eigenvalue weighted by molar-refractivity contribution is 6.30. The molecule has 2 amide bonds. The highest BCUT2D eigenvalue weighted by Crippen LogP contribution is 2.18. The zero-order valence-electron chi connectivity index (χ0n) is 11.9. The summed E-state index contributed by atoms with van der Waals surface area (Å²) in [4.78, 5) is 11.9. The Bertz CT molecular complexity index is 617. The molecular weight excluding hydrogens is 304 g/mol. The van der Waals surface area contributed by atoms with E-state index < -0.39 is 0 Å². The van der Waals surface area contributed by atoms with Gasteiger partial charge in [-0.3, -0.25) is 0 Å². The van der Waals surface area contributed by atoms with E-state index in [4.69, 9.17) is 21.4 Å². The number of aliphatic hydroxyl groups excluding tert-OH is 1. The Kier molecular flexibility index (Phi) is 6.06. The molecule has 0 aliphatic rings. The van der Waals surface area contributed by atoms with E-state index in [0.29, 0.717) is 23.0 Å². The Balaban J connectivity index is 1.89. The van der Waals surface area contributed by atoms with Crippen LogP contribution in [0.2, 0.25) is 5.02 Å². The number of hydrogen-bond acceptors (Lipinski definition) is 3. The van der Waals surface area contributed by atoms with Crippen molar-refractivity contribution < 1.29 is 14.6 Å². The van der Waals surface area contributed by atoms with Gasteiger partial charge in [-0.15, -0.1) is 0 Å². The second-order valence-corrected chi connectivity index (χ2v) is 4.93. The molecule has 0 aliphatic heterocycles. The molecule has 116 valence electrons. The summed E-state index contributed by atoms with van der Waals surface area (Å²) in [5, 5.41) is 14.9. The lowest BCUT2D eigenvalue weighted by molar-refractivity contribution is 0.200. The van der Waals surface area contributed by atoms with Gasteiger partial charge in [-0.05, 0) is 30.3 Å². The zero-order chi connectivity index (χ0) is 15.8. The average molecular weight is 321 g/mol. The van der Waals surface area contributed by atoms with Gasteiger partial charge >= 0.3 is 6.03 Å². The first-order valence-electron chi connectivity index (χ1n) is 6.81. The lowest BCUT2D eigenvalue weighted by Crippen LogP contribution is -2.28. The molecule has 0 heterocycles. The van der Waals surface area contributed by atoms with Gasteiger partial charge in [0.15, 0.2) is 0 Å². The number of halogens is 1. The number of ether oxygens (including phenoxy) is 1. The normalized spacial score (nSPS) is 10.1. The van der Waals surface area contributed by atoms with Crippen molar-refractivity contribution in [2.45, 2.75) is 6.54 Å². The maximum atomic E-state index is 11.9. The van der Waals surface area contributed by atoms with Crippen molar-refractivity contribution in [1.82, 2.24) is 5.32 Å². The number of para-hydroxylation sites is 1. The van der Waals surface area contributed by atoms with Crippen molar-refractivity contribution in [2.75, 3.05) is 18.5 Å². The van der Waals surface area contributed by atoms with E-state index in [1.54, 1.807) is 30.3 Å². The molecule has 22 heavy (non-hydrogen) atoms. The Morgan fingerprint density at radius 2 is 1.86 bits per heavy atom. The Morgan fingerprint density at radius 3 is 2.59 bits per heavy atom. The summed E-state index contributed by atoms with van der Waals surface area (Å²) < 4.78 is 5.41. The fourth-order valence-corrected chi connectivity index (χ4v) is 1.96. The third-order valence-corrected chi connectivity index (χ3v) is 3.11. The number of rotatable bonds is 6. The van der Waals surface area contributed by atoms with Crippen LogP contribution in [0, 0.1) is 0 Å². The van der Waals surface area contributed by atoms with Crippen LogP contribution in [0.1, 0.15) is 5.56 Å². The molecule has 6 heteroatoms. The van der Waals surface area contributed by atoms with Crippen LogP contribution in [0.15, 0.2) is 48.5 Å². The summed E-state index contributed by atoms with van der Waals surface area (Å²) >= 11 is 5.79. The molecule has 0 bridgehead atoms. The smallest absolute Gasteiger partial charge is 0.319 e. The van der Waals surface area contributed by atoms with Crippen molar-refractivity contribution in [2.24, 2.45) is 0 Å². The number of carbonyl (C=O) groups is 1. The third kappa shape index (κ3) is 4.95. The topological polar surface area (TPSA) is 70.6 Å². The molecule has 5 nitrogen and oxygen atoms in total. The summed E-state index contributed by atoms with van der Waals surface area (Å²) in [6.07, 6.45) is 0. The molecule has 0 fully saturated rings. The molecule has 3 N–H and O–H groups in total. The van der Waals surface area contributed by atoms with Crippen LogP contribution in [0.25, 0.3) is 0 Å². The number of nitrogens with one attached hydrogen (secondary N) is 2. The summed E-state index contributed by atoms with van der Waals surface area (Å²) in [6.45, 7) is 0.480.